The maximum absolute atomic E-state index is 4.23. The van der Waals surface area contributed by atoms with E-state index in [9.17, 15) is 0 Å². The first-order valence-electron chi connectivity index (χ1n) is 5.04. The lowest BCUT2D eigenvalue weighted by Crippen LogP contribution is -2.19. The second kappa shape index (κ2) is 4.57. The van der Waals surface area contributed by atoms with Gasteiger partial charge in [0.2, 0.25) is 0 Å². The summed E-state index contributed by atoms with van der Waals surface area (Å²) < 4.78 is 0. The first-order valence-corrected chi connectivity index (χ1v) is 6.32. The Kier molecular flexibility index (Phi) is 4.51. The molecule has 0 aliphatic carbocycles. The summed E-state index contributed by atoms with van der Waals surface area (Å²) in [4.78, 5) is 0. The third-order valence-corrected chi connectivity index (χ3v) is 2.75. The van der Waals surface area contributed by atoms with E-state index in [1.165, 1.54) is 11.1 Å². The van der Waals surface area contributed by atoms with Gasteiger partial charge in [0.1, 0.15) is 0 Å². The molecular weight excluding hydrogens is 188 g/mol. The van der Waals surface area contributed by atoms with Gasteiger partial charge in [-0.15, -0.1) is 11.8 Å². The van der Waals surface area contributed by atoms with E-state index in [0.29, 0.717) is 0 Å². The highest BCUT2D eigenvalue weighted by molar-refractivity contribution is 8.01. The van der Waals surface area contributed by atoms with Crippen LogP contribution in [-0.4, -0.2) is 6.26 Å². The zero-order valence-electron chi connectivity index (χ0n) is 10.7. The maximum atomic E-state index is 4.23. The van der Waals surface area contributed by atoms with Crippen molar-refractivity contribution in [2.45, 2.75) is 41.5 Å². The molecule has 0 atom stereocenters. The smallest absolute Gasteiger partial charge is 0.0124 e. The summed E-state index contributed by atoms with van der Waals surface area (Å²) in [5, 5.41) is 2.23. The second-order valence-corrected chi connectivity index (χ2v) is 6.45. The fraction of sp³-hybridized carbons (Fsp3) is 0.692. The van der Waals surface area contributed by atoms with Crippen molar-refractivity contribution in [2.75, 3.05) is 6.26 Å². The minimum absolute atomic E-state index is 0.162. The summed E-state index contributed by atoms with van der Waals surface area (Å²) in [6.45, 7) is 17.6. The van der Waals surface area contributed by atoms with Crippen LogP contribution < -0.4 is 0 Å². The lowest BCUT2D eigenvalue weighted by atomic mass is 9.74. The van der Waals surface area contributed by atoms with E-state index < -0.39 is 0 Å². The number of thioether (sulfide) groups is 1. The van der Waals surface area contributed by atoms with Gasteiger partial charge in [-0.05, 0) is 33.6 Å². The quantitative estimate of drug-likeness (QED) is 0.588. The molecule has 0 aromatic rings. The van der Waals surface area contributed by atoms with Crippen LogP contribution in [0.1, 0.15) is 41.5 Å². The molecule has 0 N–H and O–H groups in total. The minimum atomic E-state index is 0.162. The predicted molar refractivity (Wildman–Crippen MR) is 69.6 cm³/mol. The van der Waals surface area contributed by atoms with Gasteiger partial charge in [0.05, 0.1) is 0 Å². The molecule has 0 radical (unpaired) electrons. The van der Waals surface area contributed by atoms with E-state index in [0.717, 1.165) is 0 Å². The summed E-state index contributed by atoms with van der Waals surface area (Å²) in [6.07, 6.45) is 2.10. The van der Waals surface area contributed by atoms with E-state index in [2.05, 4.69) is 59.8 Å². The van der Waals surface area contributed by atoms with E-state index in [-0.39, 0.29) is 10.8 Å². The topological polar surface area (TPSA) is 0 Å². The molecule has 0 amide bonds. The van der Waals surface area contributed by atoms with Crippen LogP contribution in [-0.2, 0) is 0 Å². The number of rotatable bonds is 2. The molecule has 1 heteroatoms. The molecule has 0 aliphatic heterocycles. The minimum Gasteiger partial charge on any atom is -0.137 e. The standard InChI is InChI=1S/C13H24S/c1-10(12(2,3)4)11(9-14-8)13(5,6)7/h9H,1H2,2-8H3/b11-9+. The van der Waals surface area contributed by atoms with Gasteiger partial charge in [-0.2, -0.15) is 0 Å². The molecule has 82 valence electrons. The Morgan fingerprint density at radius 1 is 1.00 bits per heavy atom. The molecular formula is C13H24S. The highest BCUT2D eigenvalue weighted by Gasteiger charge is 2.26. The molecule has 0 bridgehead atoms. The van der Waals surface area contributed by atoms with Crippen LogP contribution in [0.4, 0.5) is 0 Å². The third kappa shape index (κ3) is 3.91. The highest BCUT2D eigenvalue weighted by Crippen LogP contribution is 2.40. The molecule has 0 saturated heterocycles. The number of allylic oxidation sites excluding steroid dienone is 2. The monoisotopic (exact) mass is 212 g/mol. The Balaban J connectivity index is 5.08. The van der Waals surface area contributed by atoms with Crippen LogP contribution in [0.3, 0.4) is 0 Å². The van der Waals surface area contributed by atoms with Crippen molar-refractivity contribution >= 4 is 11.8 Å². The molecule has 0 aromatic carbocycles. The summed E-state index contributed by atoms with van der Waals surface area (Å²) in [6, 6.07) is 0. The Labute approximate surface area is 93.9 Å². The van der Waals surface area contributed by atoms with Crippen LogP contribution in [0, 0.1) is 10.8 Å². The van der Waals surface area contributed by atoms with E-state index in [1.54, 1.807) is 11.8 Å². The van der Waals surface area contributed by atoms with Crippen molar-refractivity contribution in [2.24, 2.45) is 10.8 Å². The van der Waals surface area contributed by atoms with E-state index in [4.69, 9.17) is 0 Å². The molecule has 0 heterocycles. The maximum Gasteiger partial charge on any atom is -0.0124 e. The fourth-order valence-electron chi connectivity index (χ4n) is 1.22. The molecule has 0 aliphatic rings. The van der Waals surface area contributed by atoms with Gasteiger partial charge in [0.15, 0.2) is 0 Å². The lowest BCUT2D eigenvalue weighted by molar-refractivity contribution is 0.448. The molecule has 0 unspecified atom stereocenters. The van der Waals surface area contributed by atoms with Gasteiger partial charge in [0.25, 0.3) is 0 Å². The van der Waals surface area contributed by atoms with Crippen LogP contribution >= 0.6 is 11.8 Å². The van der Waals surface area contributed by atoms with Gasteiger partial charge < -0.3 is 0 Å². The molecule has 0 spiro atoms. The van der Waals surface area contributed by atoms with Crippen molar-refractivity contribution in [3.05, 3.63) is 23.1 Å². The Morgan fingerprint density at radius 3 is 1.64 bits per heavy atom. The van der Waals surface area contributed by atoms with E-state index >= 15 is 0 Å². The first kappa shape index (κ1) is 13.8. The van der Waals surface area contributed by atoms with Gasteiger partial charge in [-0.25, -0.2) is 0 Å². The van der Waals surface area contributed by atoms with Crippen molar-refractivity contribution in [3.63, 3.8) is 0 Å². The fourth-order valence-corrected chi connectivity index (χ4v) is 1.95. The Morgan fingerprint density at radius 2 is 1.43 bits per heavy atom. The van der Waals surface area contributed by atoms with Crippen LogP contribution in [0.2, 0.25) is 0 Å². The molecule has 0 fully saturated rings. The second-order valence-electron chi connectivity index (χ2n) is 5.75. The summed E-state index contributed by atoms with van der Waals surface area (Å²) in [5.41, 5.74) is 2.97. The highest BCUT2D eigenvalue weighted by atomic mass is 32.2. The average molecular weight is 212 g/mol. The van der Waals surface area contributed by atoms with Crippen LogP contribution in [0.25, 0.3) is 0 Å². The number of hydrogen-bond acceptors (Lipinski definition) is 1. The largest absolute Gasteiger partial charge is 0.137 e. The Hall–Kier alpha value is -0.170. The zero-order valence-corrected chi connectivity index (χ0v) is 11.5. The average Bonchev–Trinajstić information content (AvgIpc) is 1.94. The predicted octanol–water partition coefficient (Wildman–Crippen LogP) is 4.88. The normalized spacial score (nSPS) is 14.4. The van der Waals surface area contributed by atoms with Gasteiger partial charge >= 0.3 is 0 Å². The van der Waals surface area contributed by atoms with Gasteiger partial charge in [-0.3, -0.25) is 0 Å². The lowest BCUT2D eigenvalue weighted by Gasteiger charge is -2.32. The summed E-state index contributed by atoms with van der Waals surface area (Å²) in [7, 11) is 0. The third-order valence-electron chi connectivity index (χ3n) is 2.27. The number of hydrogen-bond donors (Lipinski definition) is 0. The van der Waals surface area contributed by atoms with Crippen molar-refractivity contribution in [3.8, 4) is 0 Å². The van der Waals surface area contributed by atoms with Crippen molar-refractivity contribution in [1.29, 1.82) is 0 Å². The van der Waals surface area contributed by atoms with E-state index in [1.807, 2.05) is 0 Å². The molecule has 0 aromatic heterocycles. The zero-order chi connectivity index (χ0) is 11.6. The molecule has 0 rings (SSSR count). The van der Waals surface area contributed by atoms with Gasteiger partial charge in [0, 0.05) is 0 Å². The summed E-state index contributed by atoms with van der Waals surface area (Å²) in [5.74, 6) is 0. The van der Waals surface area contributed by atoms with Gasteiger partial charge in [-0.1, -0.05) is 48.1 Å². The molecule has 14 heavy (non-hydrogen) atoms. The summed E-state index contributed by atoms with van der Waals surface area (Å²) >= 11 is 1.76. The molecule has 0 nitrogen and oxygen atoms in total. The Bertz CT molecular complexity index is 233. The van der Waals surface area contributed by atoms with Crippen LogP contribution in [0.15, 0.2) is 23.1 Å². The SMILES string of the molecule is C=C(/C(=C\SC)C(C)(C)C)C(C)(C)C. The van der Waals surface area contributed by atoms with Crippen LogP contribution in [0.5, 0.6) is 0 Å². The first-order chi connectivity index (χ1) is 6.10. The van der Waals surface area contributed by atoms with Crippen molar-refractivity contribution in [1.82, 2.24) is 0 Å². The van der Waals surface area contributed by atoms with Crippen molar-refractivity contribution < 1.29 is 0 Å². The molecule has 0 saturated carbocycles.